The van der Waals surface area contributed by atoms with Gasteiger partial charge >= 0.3 is 0 Å². The minimum absolute atomic E-state index is 0.188. The second kappa shape index (κ2) is 9.63. The van der Waals surface area contributed by atoms with Gasteiger partial charge in [0.15, 0.2) is 12.2 Å². The Labute approximate surface area is 196 Å². The lowest BCUT2D eigenvalue weighted by Crippen LogP contribution is -2.20. The number of hydrogen-bond donors (Lipinski definition) is 1. The highest BCUT2D eigenvalue weighted by Crippen LogP contribution is 2.30. The van der Waals surface area contributed by atoms with E-state index in [1.165, 1.54) is 5.56 Å². The van der Waals surface area contributed by atoms with Gasteiger partial charge in [0.2, 0.25) is 5.89 Å². The summed E-state index contributed by atoms with van der Waals surface area (Å²) in [6, 6.07) is 18.3. The molecule has 1 heterocycles. The summed E-state index contributed by atoms with van der Waals surface area (Å²) in [5.41, 5.74) is 4.17. The van der Waals surface area contributed by atoms with Gasteiger partial charge in [-0.05, 0) is 66.4 Å². The number of nitrogens with zero attached hydrogens (tertiary/aromatic N) is 1. The molecule has 1 amide bonds. The fraction of sp³-hybridized carbons (Fsp3) is 0.200. The largest absolute Gasteiger partial charge is 0.482 e. The van der Waals surface area contributed by atoms with Crippen molar-refractivity contribution < 1.29 is 13.9 Å². The van der Waals surface area contributed by atoms with Crippen molar-refractivity contribution in [3.8, 4) is 17.2 Å². The van der Waals surface area contributed by atoms with Gasteiger partial charge in [0.25, 0.3) is 5.91 Å². The number of oxazole rings is 1. The van der Waals surface area contributed by atoms with Gasteiger partial charge < -0.3 is 14.5 Å². The smallest absolute Gasteiger partial charge is 0.262 e. The van der Waals surface area contributed by atoms with Crippen molar-refractivity contribution >= 4 is 45.9 Å². The molecule has 4 aromatic rings. The molecule has 1 aromatic heterocycles. The number of fused-ring (bicyclic) bond motifs is 1. The Hall–Kier alpha value is -3.02. The van der Waals surface area contributed by atoms with Crippen molar-refractivity contribution in [1.29, 1.82) is 0 Å². The van der Waals surface area contributed by atoms with Crippen LogP contribution in [0, 0.1) is 0 Å². The normalized spacial score (nSPS) is 12.0. The van der Waals surface area contributed by atoms with E-state index in [0.717, 1.165) is 23.1 Å². The zero-order valence-corrected chi connectivity index (χ0v) is 19.2. The molecule has 0 fully saturated rings. The summed E-state index contributed by atoms with van der Waals surface area (Å²) in [5, 5.41) is 3.66. The predicted molar refractivity (Wildman–Crippen MR) is 129 cm³/mol. The van der Waals surface area contributed by atoms with E-state index in [2.05, 4.69) is 36.3 Å². The number of hydrogen-bond acceptors (Lipinski definition) is 4. The first-order valence-corrected chi connectivity index (χ1v) is 11.1. The van der Waals surface area contributed by atoms with Gasteiger partial charge in [-0.25, -0.2) is 4.98 Å². The van der Waals surface area contributed by atoms with E-state index in [-0.39, 0.29) is 12.5 Å². The lowest BCUT2D eigenvalue weighted by Gasteiger charge is -2.09. The van der Waals surface area contributed by atoms with Crippen molar-refractivity contribution in [2.45, 2.75) is 26.2 Å². The van der Waals surface area contributed by atoms with Crippen LogP contribution in [0.25, 0.3) is 22.6 Å². The standard InChI is InChI=1S/C25H22Cl2N2O3/c1-3-15(2)16-7-9-23-21(12-16)29-25(32-23)17-5-4-6-19(11-17)28-24(30)14-31-22-10-8-18(26)13-20(22)27/h4-13,15H,3,14H2,1-2H3,(H,28,30). The zero-order chi connectivity index (χ0) is 22.7. The van der Waals surface area contributed by atoms with E-state index in [1.807, 2.05) is 24.3 Å². The van der Waals surface area contributed by atoms with Crippen molar-refractivity contribution in [1.82, 2.24) is 4.98 Å². The average molecular weight is 469 g/mol. The molecule has 0 radical (unpaired) electrons. The third-order valence-corrected chi connectivity index (χ3v) is 5.77. The lowest BCUT2D eigenvalue weighted by atomic mass is 9.98. The van der Waals surface area contributed by atoms with Crippen LogP contribution < -0.4 is 10.1 Å². The van der Waals surface area contributed by atoms with Crippen LogP contribution in [0.3, 0.4) is 0 Å². The number of ether oxygens (including phenoxy) is 1. The monoisotopic (exact) mass is 468 g/mol. The maximum Gasteiger partial charge on any atom is 0.262 e. The Bertz CT molecular complexity index is 1270. The van der Waals surface area contributed by atoms with Crippen LogP contribution in [-0.4, -0.2) is 17.5 Å². The first-order valence-electron chi connectivity index (χ1n) is 10.3. The highest BCUT2D eigenvalue weighted by atomic mass is 35.5. The van der Waals surface area contributed by atoms with Crippen LogP contribution in [0.2, 0.25) is 10.0 Å². The molecule has 1 N–H and O–H groups in total. The van der Waals surface area contributed by atoms with Crippen LogP contribution in [0.15, 0.2) is 65.1 Å². The average Bonchev–Trinajstić information content (AvgIpc) is 3.21. The third kappa shape index (κ3) is 5.06. The van der Waals surface area contributed by atoms with E-state index in [4.69, 9.17) is 32.4 Å². The topological polar surface area (TPSA) is 64.4 Å². The summed E-state index contributed by atoms with van der Waals surface area (Å²) in [6.45, 7) is 4.17. The zero-order valence-electron chi connectivity index (χ0n) is 17.7. The molecule has 0 saturated heterocycles. The van der Waals surface area contributed by atoms with E-state index < -0.39 is 0 Å². The predicted octanol–water partition coefficient (Wildman–Crippen LogP) is 7.33. The van der Waals surface area contributed by atoms with E-state index in [9.17, 15) is 4.79 Å². The van der Waals surface area contributed by atoms with Crippen LogP contribution >= 0.6 is 23.2 Å². The molecule has 1 atom stereocenters. The van der Waals surface area contributed by atoms with Gasteiger partial charge in [-0.1, -0.05) is 49.2 Å². The molecule has 5 nitrogen and oxygen atoms in total. The summed E-state index contributed by atoms with van der Waals surface area (Å²) in [7, 11) is 0. The van der Waals surface area contributed by atoms with Crippen molar-refractivity contribution in [2.75, 3.05) is 11.9 Å². The summed E-state index contributed by atoms with van der Waals surface area (Å²) >= 11 is 11.9. The minimum Gasteiger partial charge on any atom is -0.482 e. The summed E-state index contributed by atoms with van der Waals surface area (Å²) in [5.74, 6) is 1.04. The van der Waals surface area contributed by atoms with Gasteiger partial charge in [-0.3, -0.25) is 4.79 Å². The fourth-order valence-electron chi connectivity index (χ4n) is 3.27. The van der Waals surface area contributed by atoms with Crippen LogP contribution in [0.4, 0.5) is 5.69 Å². The molecule has 0 aliphatic carbocycles. The number of rotatable bonds is 7. The van der Waals surface area contributed by atoms with Gasteiger partial charge in [-0.2, -0.15) is 0 Å². The molecule has 0 aliphatic heterocycles. The van der Waals surface area contributed by atoms with Gasteiger partial charge in [0, 0.05) is 16.3 Å². The highest BCUT2D eigenvalue weighted by Gasteiger charge is 2.12. The van der Waals surface area contributed by atoms with E-state index in [1.54, 1.807) is 24.3 Å². The Morgan fingerprint density at radius 1 is 1.12 bits per heavy atom. The quantitative estimate of drug-likeness (QED) is 0.308. The molecule has 0 aliphatic rings. The highest BCUT2D eigenvalue weighted by molar-refractivity contribution is 6.35. The molecule has 0 spiro atoms. The molecular formula is C25H22Cl2N2O3. The van der Waals surface area contributed by atoms with Gasteiger partial charge in [0.05, 0.1) is 5.02 Å². The first kappa shape index (κ1) is 22.2. The van der Waals surface area contributed by atoms with Crippen LogP contribution in [0.5, 0.6) is 5.75 Å². The molecule has 0 saturated carbocycles. The number of halogens is 2. The number of benzene rings is 3. The van der Waals surface area contributed by atoms with Gasteiger partial charge in [-0.15, -0.1) is 0 Å². The summed E-state index contributed by atoms with van der Waals surface area (Å²) in [6.07, 6.45) is 1.06. The molecule has 7 heteroatoms. The van der Waals surface area contributed by atoms with Gasteiger partial charge in [0.1, 0.15) is 11.3 Å². The second-order valence-corrected chi connectivity index (χ2v) is 8.39. The molecular weight excluding hydrogens is 447 g/mol. The van der Waals surface area contributed by atoms with Crippen molar-refractivity contribution in [2.24, 2.45) is 0 Å². The summed E-state index contributed by atoms with van der Waals surface area (Å²) < 4.78 is 11.4. The maximum absolute atomic E-state index is 12.3. The summed E-state index contributed by atoms with van der Waals surface area (Å²) in [4.78, 5) is 17.0. The van der Waals surface area contributed by atoms with E-state index >= 15 is 0 Å². The lowest BCUT2D eigenvalue weighted by molar-refractivity contribution is -0.118. The molecule has 0 bridgehead atoms. The molecule has 4 rings (SSSR count). The Morgan fingerprint density at radius 3 is 2.75 bits per heavy atom. The Kier molecular flexibility index (Phi) is 6.68. The second-order valence-electron chi connectivity index (χ2n) is 7.55. The van der Waals surface area contributed by atoms with Crippen LogP contribution in [0.1, 0.15) is 31.7 Å². The van der Waals surface area contributed by atoms with Crippen molar-refractivity contribution in [3.63, 3.8) is 0 Å². The first-order chi connectivity index (χ1) is 15.4. The van der Waals surface area contributed by atoms with Crippen molar-refractivity contribution in [3.05, 3.63) is 76.3 Å². The molecule has 32 heavy (non-hydrogen) atoms. The number of anilines is 1. The number of aromatic nitrogens is 1. The number of nitrogens with one attached hydrogen (secondary N) is 1. The molecule has 3 aromatic carbocycles. The Balaban J connectivity index is 1.46. The molecule has 164 valence electrons. The van der Waals surface area contributed by atoms with Crippen LogP contribution in [-0.2, 0) is 4.79 Å². The number of carbonyl (C=O) groups is 1. The number of carbonyl (C=O) groups excluding carboxylic acids is 1. The Morgan fingerprint density at radius 2 is 1.97 bits per heavy atom. The molecule has 1 unspecified atom stereocenters. The van der Waals surface area contributed by atoms with E-state index in [0.29, 0.717) is 33.3 Å². The minimum atomic E-state index is -0.316. The fourth-order valence-corrected chi connectivity index (χ4v) is 3.74. The number of amides is 1. The third-order valence-electron chi connectivity index (χ3n) is 5.24. The maximum atomic E-state index is 12.3. The SMILES string of the molecule is CCC(C)c1ccc2oc(-c3cccc(NC(=O)COc4ccc(Cl)cc4Cl)c3)nc2c1.